The van der Waals surface area contributed by atoms with Gasteiger partial charge < -0.3 is 10.6 Å². The molecule has 1 aromatic rings. The molecule has 0 aliphatic carbocycles. The zero-order valence-electron chi connectivity index (χ0n) is 12.4. The average Bonchev–Trinajstić information content (AvgIpc) is 2.53. The Morgan fingerprint density at radius 3 is 1.95 bits per heavy atom. The molecule has 0 saturated heterocycles. The SMILES string of the molecule is CNC(=S)NN=C(C)C(=NNC(=S)NC)c1ccc(F)cc1. The number of thiocarbonyl (C=S) groups is 2. The Bertz CT molecular complexity index is 597. The second-order valence-electron chi connectivity index (χ2n) is 4.05. The highest BCUT2D eigenvalue weighted by Crippen LogP contribution is 2.06. The molecule has 118 valence electrons. The lowest BCUT2D eigenvalue weighted by Crippen LogP contribution is -2.32. The molecule has 6 nitrogen and oxygen atoms in total. The quantitative estimate of drug-likeness (QED) is 0.374. The van der Waals surface area contributed by atoms with Crippen LogP contribution >= 0.6 is 24.4 Å². The van der Waals surface area contributed by atoms with Gasteiger partial charge in [-0.25, -0.2) is 4.39 Å². The topological polar surface area (TPSA) is 72.8 Å². The van der Waals surface area contributed by atoms with Gasteiger partial charge >= 0.3 is 0 Å². The van der Waals surface area contributed by atoms with Crippen LogP contribution in [0.4, 0.5) is 4.39 Å². The summed E-state index contributed by atoms with van der Waals surface area (Å²) in [6.45, 7) is 1.75. The first-order valence-electron chi connectivity index (χ1n) is 6.31. The Morgan fingerprint density at radius 2 is 1.45 bits per heavy atom. The molecule has 0 atom stereocenters. The minimum Gasteiger partial charge on any atom is -0.364 e. The molecule has 1 aromatic carbocycles. The summed E-state index contributed by atoms with van der Waals surface area (Å²) in [5.74, 6) is -0.328. The second-order valence-corrected chi connectivity index (χ2v) is 4.86. The Kier molecular flexibility index (Phi) is 7.33. The van der Waals surface area contributed by atoms with Gasteiger partial charge in [-0.15, -0.1) is 0 Å². The summed E-state index contributed by atoms with van der Waals surface area (Å²) in [6, 6.07) is 5.90. The van der Waals surface area contributed by atoms with Gasteiger partial charge in [0.15, 0.2) is 10.2 Å². The standard InChI is InChI=1S/C13H17FN6S2/c1-8(17-19-12(21)15-2)11(18-20-13(22)16-3)9-4-6-10(14)7-5-9/h4-7H,1-3H3,(H2,15,19,21)(H2,16,20,22). The number of nitrogens with one attached hydrogen (secondary N) is 4. The van der Waals surface area contributed by atoms with E-state index in [1.165, 1.54) is 12.1 Å². The molecule has 9 heteroatoms. The highest BCUT2D eigenvalue weighted by molar-refractivity contribution is 7.80. The molecule has 4 N–H and O–H groups in total. The van der Waals surface area contributed by atoms with Crippen LogP contribution < -0.4 is 21.5 Å². The van der Waals surface area contributed by atoms with E-state index in [-0.39, 0.29) is 5.82 Å². The minimum atomic E-state index is -0.328. The number of benzene rings is 1. The summed E-state index contributed by atoms with van der Waals surface area (Å²) >= 11 is 9.93. The van der Waals surface area contributed by atoms with E-state index in [2.05, 4.69) is 31.7 Å². The first-order valence-corrected chi connectivity index (χ1v) is 7.13. The molecule has 0 aliphatic heterocycles. The largest absolute Gasteiger partial charge is 0.364 e. The Morgan fingerprint density at radius 1 is 0.955 bits per heavy atom. The first-order chi connectivity index (χ1) is 10.5. The van der Waals surface area contributed by atoms with Gasteiger partial charge in [-0.3, -0.25) is 10.9 Å². The van der Waals surface area contributed by atoms with Gasteiger partial charge in [0.1, 0.15) is 11.5 Å². The molecule has 22 heavy (non-hydrogen) atoms. The number of hydrazone groups is 2. The van der Waals surface area contributed by atoms with Crippen molar-refractivity contribution >= 4 is 46.1 Å². The summed E-state index contributed by atoms with van der Waals surface area (Å²) in [4.78, 5) is 0. The Labute approximate surface area is 139 Å². The van der Waals surface area contributed by atoms with E-state index in [1.807, 2.05) is 0 Å². The zero-order chi connectivity index (χ0) is 16.5. The normalized spacial score (nSPS) is 11.6. The number of nitrogens with zero attached hydrogens (tertiary/aromatic N) is 2. The smallest absolute Gasteiger partial charge is 0.186 e. The lowest BCUT2D eigenvalue weighted by atomic mass is 10.1. The van der Waals surface area contributed by atoms with Crippen molar-refractivity contribution in [3.8, 4) is 0 Å². The van der Waals surface area contributed by atoms with Gasteiger partial charge in [0.05, 0.1) is 5.71 Å². The van der Waals surface area contributed by atoms with Crippen molar-refractivity contribution in [3.63, 3.8) is 0 Å². The molecule has 0 bridgehead atoms. The maximum Gasteiger partial charge on any atom is 0.186 e. The molecule has 0 fully saturated rings. The molecular weight excluding hydrogens is 323 g/mol. The lowest BCUT2D eigenvalue weighted by molar-refractivity contribution is 0.628. The molecular formula is C13H17FN6S2. The van der Waals surface area contributed by atoms with Crippen molar-refractivity contribution in [3.05, 3.63) is 35.6 Å². The van der Waals surface area contributed by atoms with E-state index in [9.17, 15) is 4.39 Å². The number of rotatable bonds is 4. The maximum absolute atomic E-state index is 13.1. The van der Waals surface area contributed by atoms with Crippen LogP contribution in [0.1, 0.15) is 12.5 Å². The molecule has 0 unspecified atom stereocenters. The predicted molar refractivity (Wildman–Crippen MR) is 95.6 cm³/mol. The monoisotopic (exact) mass is 340 g/mol. The maximum atomic E-state index is 13.1. The van der Waals surface area contributed by atoms with Crippen LogP contribution in [0.5, 0.6) is 0 Å². The van der Waals surface area contributed by atoms with Crippen molar-refractivity contribution in [2.45, 2.75) is 6.92 Å². The fraction of sp³-hybridized carbons (Fsp3) is 0.231. The van der Waals surface area contributed by atoms with Gasteiger partial charge in [-0.1, -0.05) is 0 Å². The van der Waals surface area contributed by atoms with Crippen molar-refractivity contribution in [1.29, 1.82) is 0 Å². The molecule has 0 aliphatic rings. The number of hydrogen-bond acceptors (Lipinski definition) is 4. The van der Waals surface area contributed by atoms with Crippen LogP contribution in [-0.2, 0) is 0 Å². The van der Waals surface area contributed by atoms with E-state index in [0.29, 0.717) is 27.2 Å². The lowest BCUT2D eigenvalue weighted by Gasteiger charge is -2.09. The fourth-order valence-electron chi connectivity index (χ4n) is 1.37. The van der Waals surface area contributed by atoms with Crippen LogP contribution in [0.25, 0.3) is 0 Å². The average molecular weight is 340 g/mol. The van der Waals surface area contributed by atoms with Gasteiger partial charge in [0.25, 0.3) is 0 Å². The molecule has 1 rings (SSSR count). The van der Waals surface area contributed by atoms with E-state index < -0.39 is 0 Å². The summed E-state index contributed by atoms with van der Waals surface area (Å²) in [5.41, 5.74) is 7.10. The highest BCUT2D eigenvalue weighted by Gasteiger charge is 2.09. The van der Waals surface area contributed by atoms with Crippen molar-refractivity contribution in [2.24, 2.45) is 10.2 Å². The predicted octanol–water partition coefficient (Wildman–Crippen LogP) is 1.09. The van der Waals surface area contributed by atoms with E-state index in [4.69, 9.17) is 24.4 Å². The fourth-order valence-corrected chi connectivity index (χ4v) is 1.46. The third kappa shape index (κ3) is 5.70. The van der Waals surface area contributed by atoms with Crippen LogP contribution in [0.2, 0.25) is 0 Å². The van der Waals surface area contributed by atoms with Gasteiger partial charge in [0.2, 0.25) is 0 Å². The molecule has 0 spiro atoms. The van der Waals surface area contributed by atoms with E-state index in [1.54, 1.807) is 33.2 Å². The third-order valence-corrected chi connectivity index (χ3v) is 3.10. The van der Waals surface area contributed by atoms with E-state index in [0.717, 1.165) is 0 Å². The summed E-state index contributed by atoms with van der Waals surface area (Å²) in [6.07, 6.45) is 0. The third-order valence-electron chi connectivity index (χ3n) is 2.51. The van der Waals surface area contributed by atoms with Crippen molar-refractivity contribution < 1.29 is 4.39 Å². The van der Waals surface area contributed by atoms with Crippen LogP contribution in [0.3, 0.4) is 0 Å². The summed E-state index contributed by atoms with van der Waals surface area (Å²) in [7, 11) is 3.36. The highest BCUT2D eigenvalue weighted by atomic mass is 32.1. The molecule has 0 radical (unpaired) electrons. The number of hydrogen-bond donors (Lipinski definition) is 4. The van der Waals surface area contributed by atoms with E-state index >= 15 is 0 Å². The van der Waals surface area contributed by atoms with Crippen LogP contribution in [-0.4, -0.2) is 35.7 Å². The Hall–Kier alpha value is -2.13. The van der Waals surface area contributed by atoms with Crippen LogP contribution in [0, 0.1) is 5.82 Å². The molecule has 0 heterocycles. The molecule has 0 aromatic heterocycles. The second kappa shape index (κ2) is 9.00. The number of halogens is 1. The van der Waals surface area contributed by atoms with Crippen LogP contribution in [0.15, 0.2) is 34.5 Å². The summed E-state index contributed by atoms with van der Waals surface area (Å²) < 4.78 is 13.1. The van der Waals surface area contributed by atoms with Crippen molar-refractivity contribution in [2.75, 3.05) is 14.1 Å². The zero-order valence-corrected chi connectivity index (χ0v) is 14.0. The van der Waals surface area contributed by atoms with Crippen molar-refractivity contribution in [1.82, 2.24) is 21.5 Å². The minimum absolute atomic E-state index is 0.328. The summed E-state index contributed by atoms with van der Waals surface area (Å²) in [5, 5.41) is 14.6. The van der Waals surface area contributed by atoms with Gasteiger partial charge in [-0.05, 0) is 55.6 Å². The first kappa shape index (κ1) is 17.9. The molecule has 0 saturated carbocycles. The Balaban J connectivity index is 3.07. The molecule has 0 amide bonds. The van der Waals surface area contributed by atoms with Gasteiger partial charge in [0, 0.05) is 19.7 Å². The van der Waals surface area contributed by atoms with Gasteiger partial charge in [-0.2, -0.15) is 10.2 Å².